The fourth-order valence-corrected chi connectivity index (χ4v) is 4.15. The molecule has 26 heavy (non-hydrogen) atoms. The first-order valence-electron chi connectivity index (χ1n) is 9.95. The van der Waals surface area contributed by atoms with Gasteiger partial charge in [0.1, 0.15) is 5.82 Å². The van der Waals surface area contributed by atoms with Crippen LogP contribution in [-0.2, 0) is 15.9 Å². The van der Waals surface area contributed by atoms with Crippen LogP contribution in [0.1, 0.15) is 65.9 Å². The summed E-state index contributed by atoms with van der Waals surface area (Å²) in [4.78, 5) is 2.32. The maximum Gasteiger partial charge on any atom is 0.494 e. The van der Waals surface area contributed by atoms with Crippen molar-refractivity contribution in [1.29, 1.82) is 0 Å². The number of rotatable bonds is 4. The second kappa shape index (κ2) is 7.25. The molecule has 1 saturated carbocycles. The molecule has 1 aliphatic carbocycles. The van der Waals surface area contributed by atoms with Crippen molar-refractivity contribution in [3.63, 3.8) is 0 Å². The molecule has 2 atom stereocenters. The first-order chi connectivity index (χ1) is 12.1. The Hall–Kier alpha value is -0.905. The minimum atomic E-state index is -0.514. The smallest absolute Gasteiger partial charge is 0.399 e. The third-order valence-corrected chi connectivity index (χ3v) is 6.65. The normalized spacial score (nSPS) is 27.9. The molecule has 5 heteroatoms. The summed E-state index contributed by atoms with van der Waals surface area (Å²) < 4.78 is 26.8. The van der Waals surface area contributed by atoms with E-state index in [4.69, 9.17) is 9.31 Å². The molecule has 1 aliphatic heterocycles. The summed E-state index contributed by atoms with van der Waals surface area (Å²) in [5, 5.41) is 0. The third-order valence-electron chi connectivity index (χ3n) is 6.65. The van der Waals surface area contributed by atoms with Crippen molar-refractivity contribution in [1.82, 2.24) is 4.90 Å². The van der Waals surface area contributed by atoms with E-state index in [9.17, 15) is 4.39 Å². The Labute approximate surface area is 158 Å². The summed E-state index contributed by atoms with van der Waals surface area (Å²) in [5.41, 5.74) is 0.665. The van der Waals surface area contributed by atoms with E-state index in [1.165, 1.54) is 25.7 Å². The number of halogens is 1. The second-order valence-corrected chi connectivity index (χ2v) is 9.18. The van der Waals surface area contributed by atoms with E-state index in [1.54, 1.807) is 6.07 Å². The summed E-state index contributed by atoms with van der Waals surface area (Å²) in [5.74, 6) is 0.508. The van der Waals surface area contributed by atoms with Crippen molar-refractivity contribution in [3.05, 3.63) is 29.6 Å². The van der Waals surface area contributed by atoms with Gasteiger partial charge in [0, 0.05) is 18.2 Å². The Morgan fingerprint density at radius 1 is 1.12 bits per heavy atom. The van der Waals surface area contributed by atoms with Gasteiger partial charge in [0.25, 0.3) is 0 Å². The van der Waals surface area contributed by atoms with Gasteiger partial charge in [-0.15, -0.1) is 0 Å². The lowest BCUT2D eigenvalue weighted by molar-refractivity contribution is 0.00578. The summed E-state index contributed by atoms with van der Waals surface area (Å²) >= 11 is 0. The van der Waals surface area contributed by atoms with Crippen LogP contribution in [0.4, 0.5) is 4.39 Å². The topological polar surface area (TPSA) is 21.7 Å². The van der Waals surface area contributed by atoms with Crippen LogP contribution in [0.5, 0.6) is 0 Å². The fraction of sp³-hybridized carbons (Fsp3) is 0.714. The van der Waals surface area contributed by atoms with Gasteiger partial charge in [-0.1, -0.05) is 31.9 Å². The van der Waals surface area contributed by atoms with Gasteiger partial charge in [0.05, 0.1) is 11.2 Å². The van der Waals surface area contributed by atoms with Gasteiger partial charge in [-0.05, 0) is 65.0 Å². The predicted octanol–water partition coefficient (Wildman–Crippen LogP) is 4.14. The van der Waals surface area contributed by atoms with Crippen molar-refractivity contribution in [2.45, 2.75) is 84.1 Å². The first-order valence-corrected chi connectivity index (χ1v) is 9.95. The lowest BCUT2D eigenvalue weighted by Crippen LogP contribution is -2.41. The molecule has 0 amide bonds. The van der Waals surface area contributed by atoms with Crippen molar-refractivity contribution in [2.24, 2.45) is 5.92 Å². The van der Waals surface area contributed by atoms with Crippen LogP contribution in [0.3, 0.4) is 0 Å². The maximum atomic E-state index is 14.8. The molecule has 144 valence electrons. The van der Waals surface area contributed by atoms with Crippen molar-refractivity contribution < 1.29 is 13.7 Å². The highest BCUT2D eigenvalue weighted by atomic mass is 19.1. The number of benzene rings is 1. The Morgan fingerprint density at radius 2 is 1.73 bits per heavy atom. The monoisotopic (exact) mass is 361 g/mol. The average molecular weight is 361 g/mol. The van der Waals surface area contributed by atoms with E-state index in [0.717, 1.165) is 11.0 Å². The van der Waals surface area contributed by atoms with Gasteiger partial charge < -0.3 is 9.31 Å². The molecule has 1 heterocycles. The Balaban J connectivity index is 1.70. The first kappa shape index (κ1) is 19.8. The zero-order valence-electron chi connectivity index (χ0n) is 17.1. The van der Waals surface area contributed by atoms with Gasteiger partial charge in [0.15, 0.2) is 0 Å². The van der Waals surface area contributed by atoms with Gasteiger partial charge >= 0.3 is 7.12 Å². The molecule has 2 unspecified atom stereocenters. The Bertz CT molecular complexity index is 633. The van der Waals surface area contributed by atoms with Gasteiger partial charge in [0.2, 0.25) is 0 Å². The molecule has 3 rings (SSSR count). The van der Waals surface area contributed by atoms with E-state index in [-0.39, 0.29) is 5.82 Å². The minimum absolute atomic E-state index is 0.174. The second-order valence-electron chi connectivity index (χ2n) is 9.18. The lowest BCUT2D eigenvalue weighted by atomic mass is 9.78. The molecule has 1 saturated heterocycles. The van der Waals surface area contributed by atoms with E-state index in [1.807, 2.05) is 39.8 Å². The van der Waals surface area contributed by atoms with Gasteiger partial charge in [-0.2, -0.15) is 0 Å². The number of hydrogen-bond acceptors (Lipinski definition) is 3. The van der Waals surface area contributed by atoms with Crippen LogP contribution in [0, 0.1) is 11.7 Å². The molecule has 0 radical (unpaired) electrons. The van der Waals surface area contributed by atoms with E-state index in [0.29, 0.717) is 18.5 Å². The van der Waals surface area contributed by atoms with Crippen molar-refractivity contribution in [2.75, 3.05) is 7.05 Å². The molecular weight excluding hydrogens is 328 g/mol. The largest absolute Gasteiger partial charge is 0.494 e. The van der Waals surface area contributed by atoms with E-state index < -0.39 is 18.3 Å². The summed E-state index contributed by atoms with van der Waals surface area (Å²) in [7, 11) is 1.60. The van der Waals surface area contributed by atoms with E-state index in [2.05, 4.69) is 18.9 Å². The highest BCUT2D eigenvalue weighted by Crippen LogP contribution is 2.36. The molecule has 3 nitrogen and oxygen atoms in total. The standard InChI is InChI=1S/C21H33BFNO2/c1-15-9-7-8-10-19(15)24(6)14-16-11-12-17(13-18(16)23)22-25-20(2,3)21(4,5)26-22/h11-13,15,19H,7-10,14H2,1-6H3. The van der Waals surface area contributed by atoms with Gasteiger partial charge in [-0.25, -0.2) is 4.39 Å². The molecule has 1 aromatic carbocycles. The van der Waals surface area contributed by atoms with Crippen molar-refractivity contribution in [3.8, 4) is 0 Å². The van der Waals surface area contributed by atoms with Crippen molar-refractivity contribution >= 4 is 12.6 Å². The number of nitrogens with zero attached hydrogens (tertiary/aromatic N) is 1. The Kier molecular flexibility index (Phi) is 5.54. The quantitative estimate of drug-likeness (QED) is 0.753. The highest BCUT2D eigenvalue weighted by molar-refractivity contribution is 6.62. The molecule has 2 fully saturated rings. The number of hydrogen-bond donors (Lipinski definition) is 0. The fourth-order valence-electron chi connectivity index (χ4n) is 4.15. The minimum Gasteiger partial charge on any atom is -0.399 e. The molecule has 0 spiro atoms. The molecular formula is C21H33BFNO2. The maximum absolute atomic E-state index is 14.8. The molecule has 0 N–H and O–H groups in total. The summed E-state index contributed by atoms with van der Waals surface area (Å²) in [6.07, 6.45) is 5.09. The Morgan fingerprint density at radius 3 is 2.31 bits per heavy atom. The van der Waals surface area contributed by atoms with Gasteiger partial charge in [-0.3, -0.25) is 4.90 Å². The lowest BCUT2D eigenvalue weighted by Gasteiger charge is -2.36. The van der Waals surface area contributed by atoms with Crippen LogP contribution >= 0.6 is 0 Å². The molecule has 1 aromatic rings. The van der Waals surface area contributed by atoms with Crippen LogP contribution in [0.15, 0.2) is 18.2 Å². The summed E-state index contributed by atoms with van der Waals surface area (Å²) in [6, 6.07) is 5.96. The third kappa shape index (κ3) is 3.85. The molecule has 0 bridgehead atoms. The van der Waals surface area contributed by atoms with Crippen LogP contribution < -0.4 is 5.46 Å². The van der Waals surface area contributed by atoms with Crippen LogP contribution in [0.25, 0.3) is 0 Å². The van der Waals surface area contributed by atoms with E-state index >= 15 is 0 Å². The SMILES string of the molecule is CC1CCCCC1N(C)Cc1ccc(B2OC(C)(C)C(C)(C)O2)cc1F. The zero-order valence-corrected chi connectivity index (χ0v) is 17.1. The highest BCUT2D eigenvalue weighted by Gasteiger charge is 2.51. The molecule has 2 aliphatic rings. The van der Waals surface area contributed by atoms with Crippen LogP contribution in [-0.4, -0.2) is 36.3 Å². The zero-order chi connectivity index (χ0) is 19.1. The average Bonchev–Trinajstić information content (AvgIpc) is 2.77. The molecule has 0 aromatic heterocycles. The van der Waals surface area contributed by atoms with Crippen LogP contribution in [0.2, 0.25) is 0 Å². The summed E-state index contributed by atoms with van der Waals surface area (Å²) in [6.45, 7) is 11.0. The predicted molar refractivity (Wildman–Crippen MR) is 105 cm³/mol.